The topological polar surface area (TPSA) is 0 Å². The van der Waals surface area contributed by atoms with Crippen molar-refractivity contribution in [1.82, 2.24) is 0 Å². The van der Waals surface area contributed by atoms with E-state index in [4.69, 9.17) is 12.2 Å². The lowest BCUT2D eigenvalue weighted by Crippen LogP contribution is -1.89. The maximum atomic E-state index is 5.62. The van der Waals surface area contributed by atoms with E-state index in [1.807, 2.05) is 12.1 Å². The molecule has 1 heterocycles. The van der Waals surface area contributed by atoms with Gasteiger partial charge in [0, 0.05) is 10.4 Å². The third-order valence-electron chi connectivity index (χ3n) is 4.14. The summed E-state index contributed by atoms with van der Waals surface area (Å²) in [6.45, 7) is 0. The molecule has 120 valence electrons. The van der Waals surface area contributed by atoms with Crippen molar-refractivity contribution in [3.63, 3.8) is 0 Å². The van der Waals surface area contributed by atoms with Crippen LogP contribution in [0, 0.1) is 3.82 Å². The van der Waals surface area contributed by atoms with Crippen LogP contribution in [0.4, 0.5) is 0 Å². The first kappa shape index (κ1) is 15.9. The standard InChI is InChI=1S/C23H16S2/c24-21-16-20(17-10-4-1-5-11-17)22(18-12-6-2-7-13-18)23(25-21)19-14-8-3-9-15-19/h1-16H. The monoisotopic (exact) mass is 356 g/mol. The summed E-state index contributed by atoms with van der Waals surface area (Å²) < 4.78 is 0.900. The molecular formula is C23H16S2. The molecule has 0 amide bonds. The first-order chi connectivity index (χ1) is 12.3. The Bertz CT molecular complexity index is 970. The summed E-state index contributed by atoms with van der Waals surface area (Å²) in [6, 6.07) is 33.7. The molecule has 1 aromatic heterocycles. The molecule has 0 bridgehead atoms. The van der Waals surface area contributed by atoms with E-state index in [1.54, 1.807) is 11.3 Å². The van der Waals surface area contributed by atoms with Gasteiger partial charge in [-0.1, -0.05) is 103 Å². The Labute approximate surface area is 157 Å². The number of benzene rings is 3. The van der Waals surface area contributed by atoms with Crippen LogP contribution in [0.5, 0.6) is 0 Å². The van der Waals surface area contributed by atoms with Gasteiger partial charge in [-0.2, -0.15) is 0 Å². The summed E-state index contributed by atoms with van der Waals surface area (Å²) >= 11 is 7.29. The van der Waals surface area contributed by atoms with Gasteiger partial charge in [0.15, 0.2) is 0 Å². The van der Waals surface area contributed by atoms with Crippen molar-refractivity contribution in [2.24, 2.45) is 0 Å². The summed E-state index contributed by atoms with van der Waals surface area (Å²) in [7, 11) is 0. The molecule has 25 heavy (non-hydrogen) atoms. The van der Waals surface area contributed by atoms with E-state index in [0.717, 1.165) is 3.82 Å². The van der Waals surface area contributed by atoms with Crippen LogP contribution in [0.3, 0.4) is 0 Å². The molecule has 0 aliphatic carbocycles. The third-order valence-corrected chi connectivity index (χ3v) is 5.48. The molecule has 0 unspecified atom stereocenters. The van der Waals surface area contributed by atoms with Crippen molar-refractivity contribution in [3.8, 4) is 32.7 Å². The highest BCUT2D eigenvalue weighted by molar-refractivity contribution is 7.73. The van der Waals surface area contributed by atoms with Gasteiger partial charge in [0.1, 0.15) is 0 Å². The Morgan fingerprint density at radius 2 is 1.04 bits per heavy atom. The van der Waals surface area contributed by atoms with E-state index >= 15 is 0 Å². The number of hydrogen-bond donors (Lipinski definition) is 0. The Morgan fingerprint density at radius 3 is 1.60 bits per heavy atom. The molecule has 0 fully saturated rings. The smallest absolute Gasteiger partial charge is 0.0912 e. The van der Waals surface area contributed by atoms with Crippen LogP contribution in [-0.4, -0.2) is 0 Å². The molecule has 0 aliphatic heterocycles. The van der Waals surface area contributed by atoms with E-state index in [1.165, 1.54) is 32.7 Å². The van der Waals surface area contributed by atoms with Gasteiger partial charge in [-0.25, -0.2) is 0 Å². The molecule has 0 atom stereocenters. The second-order valence-electron chi connectivity index (χ2n) is 5.78. The lowest BCUT2D eigenvalue weighted by molar-refractivity contribution is 1.60. The van der Waals surface area contributed by atoms with Crippen molar-refractivity contribution in [1.29, 1.82) is 0 Å². The largest absolute Gasteiger partial charge is 0.123 e. The van der Waals surface area contributed by atoms with Crippen molar-refractivity contribution >= 4 is 23.6 Å². The van der Waals surface area contributed by atoms with E-state index < -0.39 is 0 Å². The summed E-state index contributed by atoms with van der Waals surface area (Å²) in [5, 5.41) is 0. The van der Waals surface area contributed by atoms with Gasteiger partial charge < -0.3 is 0 Å². The minimum atomic E-state index is 0.900. The third kappa shape index (κ3) is 3.32. The van der Waals surface area contributed by atoms with Gasteiger partial charge in [-0.05, 0) is 28.3 Å². The van der Waals surface area contributed by atoms with Crippen LogP contribution in [0.25, 0.3) is 32.7 Å². The minimum absolute atomic E-state index is 0.900. The summed E-state index contributed by atoms with van der Waals surface area (Å²) in [4.78, 5) is 1.22. The van der Waals surface area contributed by atoms with Crippen molar-refractivity contribution < 1.29 is 0 Å². The van der Waals surface area contributed by atoms with Crippen molar-refractivity contribution in [3.05, 3.63) is 101 Å². The zero-order valence-electron chi connectivity index (χ0n) is 13.6. The molecule has 4 rings (SSSR count). The summed E-state index contributed by atoms with van der Waals surface area (Å²) in [6.07, 6.45) is 0. The van der Waals surface area contributed by atoms with E-state index in [0.29, 0.717) is 0 Å². The summed E-state index contributed by atoms with van der Waals surface area (Å²) in [5.41, 5.74) is 6.05. The first-order valence-corrected chi connectivity index (χ1v) is 9.40. The highest BCUT2D eigenvalue weighted by Gasteiger charge is 2.15. The fourth-order valence-corrected chi connectivity index (χ4v) is 4.35. The zero-order valence-corrected chi connectivity index (χ0v) is 15.2. The quantitative estimate of drug-likeness (QED) is 0.343. The lowest BCUT2D eigenvalue weighted by atomic mass is 9.93. The molecular weight excluding hydrogens is 340 g/mol. The van der Waals surface area contributed by atoms with Crippen LogP contribution in [0.15, 0.2) is 97.1 Å². The van der Waals surface area contributed by atoms with E-state index in [-0.39, 0.29) is 0 Å². The lowest BCUT2D eigenvalue weighted by Gasteiger charge is -2.15. The molecule has 3 aromatic carbocycles. The molecule has 0 spiro atoms. The molecule has 0 nitrogen and oxygen atoms in total. The average Bonchev–Trinajstić information content (AvgIpc) is 2.69. The number of hydrogen-bond acceptors (Lipinski definition) is 2. The second kappa shape index (κ2) is 7.14. The van der Waals surface area contributed by atoms with Crippen LogP contribution in [0.2, 0.25) is 0 Å². The molecule has 0 saturated carbocycles. The average molecular weight is 357 g/mol. The maximum absolute atomic E-state index is 5.62. The molecule has 0 aliphatic rings. The fraction of sp³-hybridized carbons (Fsp3) is 0. The van der Waals surface area contributed by atoms with Gasteiger partial charge >= 0.3 is 0 Å². The van der Waals surface area contributed by atoms with Gasteiger partial charge in [-0.15, -0.1) is 11.3 Å². The van der Waals surface area contributed by atoms with E-state index in [9.17, 15) is 0 Å². The van der Waals surface area contributed by atoms with Crippen molar-refractivity contribution in [2.75, 3.05) is 0 Å². The molecule has 0 saturated heterocycles. The SMILES string of the molecule is S=c1cc(-c2ccccc2)c(-c2ccccc2)c(-c2ccccc2)s1. The molecule has 2 heteroatoms. The van der Waals surface area contributed by atoms with Crippen LogP contribution in [-0.2, 0) is 0 Å². The van der Waals surface area contributed by atoms with Crippen LogP contribution >= 0.6 is 23.6 Å². The summed E-state index contributed by atoms with van der Waals surface area (Å²) in [5.74, 6) is 0. The first-order valence-electron chi connectivity index (χ1n) is 8.17. The fourth-order valence-electron chi connectivity index (χ4n) is 3.02. The van der Waals surface area contributed by atoms with Crippen molar-refractivity contribution in [2.45, 2.75) is 0 Å². The molecule has 0 radical (unpaired) electrons. The van der Waals surface area contributed by atoms with Crippen LogP contribution < -0.4 is 0 Å². The number of rotatable bonds is 3. The Morgan fingerprint density at radius 1 is 0.560 bits per heavy atom. The zero-order chi connectivity index (χ0) is 17.1. The highest BCUT2D eigenvalue weighted by atomic mass is 32.1. The van der Waals surface area contributed by atoms with Crippen LogP contribution in [0.1, 0.15) is 0 Å². The van der Waals surface area contributed by atoms with Gasteiger partial charge in [0.2, 0.25) is 0 Å². The molecule has 4 aromatic rings. The van der Waals surface area contributed by atoms with Gasteiger partial charge in [0.05, 0.1) is 3.82 Å². The second-order valence-corrected chi connectivity index (χ2v) is 7.53. The normalized spacial score (nSPS) is 10.6. The Hall–Kier alpha value is -2.55. The Kier molecular flexibility index (Phi) is 4.55. The predicted octanol–water partition coefficient (Wildman–Crippen LogP) is 7.48. The minimum Gasteiger partial charge on any atom is -0.123 e. The van der Waals surface area contributed by atoms with Gasteiger partial charge in [-0.3, -0.25) is 0 Å². The predicted molar refractivity (Wildman–Crippen MR) is 111 cm³/mol. The highest BCUT2D eigenvalue weighted by Crippen LogP contribution is 2.42. The molecule has 0 N–H and O–H groups in total. The van der Waals surface area contributed by atoms with E-state index in [2.05, 4.69) is 84.9 Å². The van der Waals surface area contributed by atoms with Gasteiger partial charge in [0.25, 0.3) is 0 Å². The maximum Gasteiger partial charge on any atom is 0.0912 e. The Balaban J connectivity index is 2.09.